The number of morpholine rings is 1. The summed E-state index contributed by atoms with van der Waals surface area (Å²) in [4.78, 5) is 25.6. The number of amides is 1. The molecule has 1 aliphatic rings. The van der Waals surface area contributed by atoms with Gasteiger partial charge >= 0.3 is 5.97 Å². The fourth-order valence-corrected chi connectivity index (χ4v) is 2.23. The molecule has 1 aromatic carbocycles. The maximum Gasteiger partial charge on any atom is 0.331 e. The van der Waals surface area contributed by atoms with Crippen LogP contribution in [-0.4, -0.2) is 35.5 Å². The number of hydrogen-bond acceptors (Lipinski definition) is 3. The van der Waals surface area contributed by atoms with Crippen molar-refractivity contribution in [3.63, 3.8) is 0 Å². The number of ether oxygens (including phenoxy) is 1. The zero-order valence-corrected chi connectivity index (χ0v) is 11.7. The van der Waals surface area contributed by atoms with Gasteiger partial charge in [-0.05, 0) is 31.5 Å². The van der Waals surface area contributed by atoms with E-state index in [9.17, 15) is 9.59 Å². The SMILES string of the molecule is CC1(C)C(=O)OCCN1C(=O)Cc1ccc(Cl)cc1. The van der Waals surface area contributed by atoms with E-state index in [1.54, 1.807) is 30.9 Å². The summed E-state index contributed by atoms with van der Waals surface area (Å²) in [5, 5.41) is 0.637. The van der Waals surface area contributed by atoms with Crippen LogP contribution in [0, 0.1) is 0 Å². The van der Waals surface area contributed by atoms with Crippen LogP contribution >= 0.6 is 11.6 Å². The maximum atomic E-state index is 12.3. The minimum Gasteiger partial charge on any atom is -0.462 e. The Hall–Kier alpha value is -1.55. The van der Waals surface area contributed by atoms with Crippen molar-refractivity contribution in [2.75, 3.05) is 13.2 Å². The molecule has 1 fully saturated rings. The van der Waals surface area contributed by atoms with Crippen LogP contribution in [0.3, 0.4) is 0 Å². The van der Waals surface area contributed by atoms with Gasteiger partial charge in [0.25, 0.3) is 0 Å². The predicted octanol–water partition coefficient (Wildman–Crippen LogP) is 2.05. The summed E-state index contributed by atoms with van der Waals surface area (Å²) >= 11 is 5.80. The summed E-state index contributed by atoms with van der Waals surface area (Å²) in [6.07, 6.45) is 0.258. The zero-order chi connectivity index (χ0) is 14.0. The Labute approximate surface area is 117 Å². The lowest BCUT2D eigenvalue weighted by Crippen LogP contribution is -2.58. The first-order valence-corrected chi connectivity index (χ1v) is 6.51. The van der Waals surface area contributed by atoms with E-state index in [2.05, 4.69) is 0 Å². The molecule has 1 saturated heterocycles. The number of carbonyl (C=O) groups is 2. The molecule has 0 unspecified atom stereocenters. The van der Waals surface area contributed by atoms with Crippen LogP contribution in [0.15, 0.2) is 24.3 Å². The fraction of sp³-hybridized carbons (Fsp3) is 0.429. The molecule has 0 saturated carbocycles. The minimum absolute atomic E-state index is 0.0797. The lowest BCUT2D eigenvalue weighted by Gasteiger charge is -2.40. The first-order valence-electron chi connectivity index (χ1n) is 6.13. The fourth-order valence-electron chi connectivity index (χ4n) is 2.10. The molecule has 1 amide bonds. The molecule has 2 rings (SSSR count). The summed E-state index contributed by atoms with van der Waals surface area (Å²) < 4.78 is 4.99. The van der Waals surface area contributed by atoms with Gasteiger partial charge in [0.2, 0.25) is 5.91 Å². The van der Waals surface area contributed by atoms with Crippen molar-refractivity contribution in [2.45, 2.75) is 25.8 Å². The van der Waals surface area contributed by atoms with Gasteiger partial charge in [-0.2, -0.15) is 0 Å². The van der Waals surface area contributed by atoms with Crippen LogP contribution in [0.1, 0.15) is 19.4 Å². The number of carbonyl (C=O) groups excluding carboxylic acids is 2. The molecule has 19 heavy (non-hydrogen) atoms. The average Bonchev–Trinajstić information content (AvgIpc) is 2.35. The molecule has 4 nitrogen and oxygen atoms in total. The number of cyclic esters (lactones) is 1. The molecule has 0 N–H and O–H groups in total. The summed E-state index contributed by atoms with van der Waals surface area (Å²) in [7, 11) is 0. The van der Waals surface area contributed by atoms with E-state index in [0.29, 0.717) is 11.6 Å². The molecule has 0 aliphatic carbocycles. The molecular formula is C14H16ClNO3. The largest absolute Gasteiger partial charge is 0.462 e. The monoisotopic (exact) mass is 281 g/mol. The Morgan fingerprint density at radius 3 is 2.63 bits per heavy atom. The van der Waals surface area contributed by atoms with Crippen molar-refractivity contribution < 1.29 is 14.3 Å². The van der Waals surface area contributed by atoms with Gasteiger partial charge in [-0.1, -0.05) is 23.7 Å². The number of rotatable bonds is 2. The molecule has 0 atom stereocenters. The number of benzene rings is 1. The van der Waals surface area contributed by atoms with E-state index in [0.717, 1.165) is 5.56 Å². The molecule has 0 radical (unpaired) electrons. The lowest BCUT2D eigenvalue weighted by atomic mass is 10.00. The lowest BCUT2D eigenvalue weighted by molar-refractivity contribution is -0.171. The van der Waals surface area contributed by atoms with E-state index < -0.39 is 5.54 Å². The van der Waals surface area contributed by atoms with Crippen LogP contribution in [0.2, 0.25) is 5.02 Å². The Morgan fingerprint density at radius 1 is 1.37 bits per heavy atom. The molecule has 1 heterocycles. The van der Waals surface area contributed by atoms with Gasteiger partial charge in [0.15, 0.2) is 0 Å². The van der Waals surface area contributed by atoms with Crippen molar-refractivity contribution in [1.29, 1.82) is 0 Å². The maximum absolute atomic E-state index is 12.3. The second-order valence-electron chi connectivity index (χ2n) is 5.04. The number of halogens is 1. The number of hydrogen-bond donors (Lipinski definition) is 0. The van der Waals surface area contributed by atoms with Crippen molar-refractivity contribution >= 4 is 23.5 Å². The first-order chi connectivity index (χ1) is 8.91. The smallest absolute Gasteiger partial charge is 0.331 e. The molecule has 1 aliphatic heterocycles. The highest BCUT2D eigenvalue weighted by molar-refractivity contribution is 6.30. The minimum atomic E-state index is -0.901. The molecule has 1 aromatic rings. The predicted molar refractivity (Wildman–Crippen MR) is 71.9 cm³/mol. The standard InChI is InChI=1S/C14H16ClNO3/c1-14(2)13(18)19-8-7-16(14)12(17)9-10-3-5-11(15)6-4-10/h3-6H,7-9H2,1-2H3. The van der Waals surface area contributed by atoms with Gasteiger partial charge in [-0.3, -0.25) is 4.79 Å². The van der Waals surface area contributed by atoms with Crippen molar-refractivity contribution in [1.82, 2.24) is 4.90 Å². The van der Waals surface area contributed by atoms with Crippen molar-refractivity contribution in [2.24, 2.45) is 0 Å². The van der Waals surface area contributed by atoms with Crippen molar-refractivity contribution in [3.8, 4) is 0 Å². The van der Waals surface area contributed by atoms with Gasteiger partial charge in [0, 0.05) is 5.02 Å². The zero-order valence-electron chi connectivity index (χ0n) is 11.0. The number of esters is 1. The van der Waals surface area contributed by atoms with Crippen LogP contribution in [0.4, 0.5) is 0 Å². The van der Waals surface area contributed by atoms with Gasteiger partial charge in [-0.15, -0.1) is 0 Å². The highest BCUT2D eigenvalue weighted by atomic mass is 35.5. The topological polar surface area (TPSA) is 46.6 Å². The third-order valence-corrected chi connectivity index (χ3v) is 3.54. The van der Waals surface area contributed by atoms with Gasteiger partial charge in [0.05, 0.1) is 13.0 Å². The average molecular weight is 282 g/mol. The number of nitrogens with zero attached hydrogens (tertiary/aromatic N) is 1. The van der Waals surface area contributed by atoms with Crippen LogP contribution in [0.5, 0.6) is 0 Å². The highest BCUT2D eigenvalue weighted by Gasteiger charge is 2.41. The molecule has 0 spiro atoms. The Balaban J connectivity index is 2.11. The van der Waals surface area contributed by atoms with Gasteiger partial charge in [0.1, 0.15) is 12.1 Å². The third-order valence-electron chi connectivity index (χ3n) is 3.29. The van der Waals surface area contributed by atoms with Crippen molar-refractivity contribution in [3.05, 3.63) is 34.9 Å². The van der Waals surface area contributed by atoms with Crippen LogP contribution in [-0.2, 0) is 20.7 Å². The van der Waals surface area contributed by atoms with E-state index >= 15 is 0 Å². The normalized spacial score (nSPS) is 18.1. The molecule has 0 bridgehead atoms. The molecular weight excluding hydrogens is 266 g/mol. The second kappa shape index (κ2) is 5.21. The summed E-state index contributed by atoms with van der Waals surface area (Å²) in [6.45, 7) is 4.10. The third kappa shape index (κ3) is 2.89. The first kappa shape index (κ1) is 13.9. The summed E-state index contributed by atoms with van der Waals surface area (Å²) in [5.74, 6) is -0.438. The van der Waals surface area contributed by atoms with Crippen LogP contribution < -0.4 is 0 Å². The Morgan fingerprint density at radius 2 is 2.00 bits per heavy atom. The highest BCUT2D eigenvalue weighted by Crippen LogP contribution is 2.22. The van der Waals surface area contributed by atoms with E-state index in [1.165, 1.54) is 0 Å². The molecule has 102 valence electrons. The molecule has 5 heteroatoms. The molecule has 0 aromatic heterocycles. The second-order valence-corrected chi connectivity index (χ2v) is 5.48. The van der Waals surface area contributed by atoms with Crippen LogP contribution in [0.25, 0.3) is 0 Å². The quantitative estimate of drug-likeness (QED) is 0.780. The van der Waals surface area contributed by atoms with Gasteiger partial charge < -0.3 is 9.64 Å². The Bertz CT molecular complexity index is 496. The van der Waals surface area contributed by atoms with E-state index in [1.807, 2.05) is 12.1 Å². The Kier molecular flexibility index (Phi) is 3.80. The van der Waals surface area contributed by atoms with E-state index in [-0.39, 0.29) is 24.9 Å². The van der Waals surface area contributed by atoms with Gasteiger partial charge in [-0.25, -0.2) is 4.79 Å². The van der Waals surface area contributed by atoms with E-state index in [4.69, 9.17) is 16.3 Å². The summed E-state index contributed by atoms with van der Waals surface area (Å²) in [5.41, 5.74) is -0.0222. The summed E-state index contributed by atoms with van der Waals surface area (Å²) in [6, 6.07) is 7.13.